The van der Waals surface area contributed by atoms with Crippen LogP contribution < -0.4 is 17.0 Å². The van der Waals surface area contributed by atoms with Gasteiger partial charge in [-0.3, -0.25) is 0 Å². The van der Waals surface area contributed by atoms with E-state index in [1.165, 1.54) is 64.2 Å². The van der Waals surface area contributed by atoms with Crippen LogP contribution >= 0.6 is 0 Å². The summed E-state index contributed by atoms with van der Waals surface area (Å²) in [6.45, 7) is 5.64. The molecule has 4 nitrogen and oxygen atoms in total. The standard InChI is InChI=1S/C20H46NO3Si.BrH/c1-8-10-11-12-13-14-15-16-17-18-19-21(3,4)20(9-2)25(22-5,23-6)24-7;/h20H,8-19H2,1-7H3;1H/q+1;/p-1. The maximum Gasteiger partial charge on any atom is 0.561 e. The van der Waals surface area contributed by atoms with E-state index in [1.54, 1.807) is 21.3 Å². The van der Waals surface area contributed by atoms with Crippen molar-refractivity contribution in [1.82, 2.24) is 0 Å². The zero-order chi connectivity index (χ0) is 19.2. The third-order valence-corrected chi connectivity index (χ3v) is 9.21. The summed E-state index contributed by atoms with van der Waals surface area (Å²) in [7, 11) is 7.15. The topological polar surface area (TPSA) is 27.7 Å². The van der Waals surface area contributed by atoms with Crippen molar-refractivity contribution in [1.29, 1.82) is 0 Å². The molecule has 0 N–H and O–H groups in total. The Morgan fingerprint density at radius 1 is 0.692 bits per heavy atom. The lowest BCUT2D eigenvalue weighted by atomic mass is 10.1. The zero-order valence-electron chi connectivity index (χ0n) is 18.6. The lowest BCUT2D eigenvalue weighted by Crippen LogP contribution is -3.00. The predicted molar refractivity (Wildman–Crippen MR) is 110 cm³/mol. The van der Waals surface area contributed by atoms with Gasteiger partial charge in [0.25, 0.3) is 0 Å². The number of hydrogen-bond donors (Lipinski definition) is 0. The number of unbranched alkanes of at least 4 members (excludes halogenated alkanes) is 9. The van der Waals surface area contributed by atoms with E-state index in [-0.39, 0.29) is 22.6 Å². The van der Waals surface area contributed by atoms with Gasteiger partial charge in [-0.05, 0) is 12.8 Å². The summed E-state index contributed by atoms with van der Waals surface area (Å²) < 4.78 is 18.2. The van der Waals surface area contributed by atoms with Crippen LogP contribution in [0.4, 0.5) is 0 Å². The monoisotopic (exact) mass is 455 g/mol. The van der Waals surface area contributed by atoms with E-state index in [1.807, 2.05) is 0 Å². The maximum absolute atomic E-state index is 5.75. The molecule has 0 aromatic heterocycles. The van der Waals surface area contributed by atoms with Gasteiger partial charge in [0.05, 0.1) is 20.6 Å². The molecule has 1 unspecified atom stereocenters. The molecule has 1 atom stereocenters. The van der Waals surface area contributed by atoms with Gasteiger partial charge in [0.2, 0.25) is 0 Å². The molecule has 0 amide bonds. The fourth-order valence-corrected chi connectivity index (χ4v) is 6.79. The second kappa shape index (κ2) is 16.5. The average Bonchev–Trinajstić information content (AvgIpc) is 2.61. The third-order valence-electron chi connectivity index (χ3n) is 5.58. The number of nitrogens with zero attached hydrogens (tertiary/aromatic N) is 1. The van der Waals surface area contributed by atoms with Gasteiger partial charge < -0.3 is 34.7 Å². The van der Waals surface area contributed by atoms with Gasteiger partial charge in [-0.25, -0.2) is 0 Å². The quantitative estimate of drug-likeness (QED) is 0.191. The minimum atomic E-state index is -2.61. The van der Waals surface area contributed by atoms with E-state index in [2.05, 4.69) is 27.9 Å². The fourth-order valence-electron chi connectivity index (χ4n) is 3.99. The summed E-state index contributed by atoms with van der Waals surface area (Å²) in [5.74, 6) is 0. The van der Waals surface area contributed by atoms with Crippen molar-refractivity contribution in [3.05, 3.63) is 0 Å². The Morgan fingerprint density at radius 2 is 1.08 bits per heavy atom. The van der Waals surface area contributed by atoms with Crippen LogP contribution in [0.25, 0.3) is 0 Å². The molecule has 0 spiro atoms. The normalized spacial score (nSPS) is 13.5. The van der Waals surface area contributed by atoms with E-state index in [9.17, 15) is 0 Å². The molecule has 0 saturated carbocycles. The smallest absolute Gasteiger partial charge is 0.561 e. The summed E-state index contributed by atoms with van der Waals surface area (Å²) in [6.07, 6.45) is 14.8. The number of halogens is 1. The first-order valence-electron chi connectivity index (χ1n) is 10.4. The largest absolute Gasteiger partial charge is 1.00 e. The van der Waals surface area contributed by atoms with Crippen LogP contribution in [0.2, 0.25) is 0 Å². The second-order valence-electron chi connectivity index (χ2n) is 7.82. The van der Waals surface area contributed by atoms with Gasteiger partial charge in [-0.2, -0.15) is 0 Å². The lowest BCUT2D eigenvalue weighted by Gasteiger charge is -2.43. The minimum absolute atomic E-state index is 0. The van der Waals surface area contributed by atoms with E-state index in [0.717, 1.165) is 17.4 Å². The molecule has 0 fully saturated rings. The third kappa shape index (κ3) is 10.2. The van der Waals surface area contributed by atoms with E-state index in [4.69, 9.17) is 13.3 Å². The molecule has 26 heavy (non-hydrogen) atoms. The molecule has 0 radical (unpaired) electrons. The molecule has 0 rings (SSSR count). The SMILES string of the molecule is CCCCCCCCCCCC[N+](C)(C)C(CC)[Si](OC)(OC)OC.[Br-]. The Bertz CT molecular complexity index is 307. The Hall–Kier alpha value is 0.537. The molecule has 0 aromatic carbocycles. The van der Waals surface area contributed by atoms with Crippen molar-refractivity contribution < 1.29 is 34.7 Å². The Balaban J connectivity index is 0. The van der Waals surface area contributed by atoms with E-state index < -0.39 is 8.80 Å². The van der Waals surface area contributed by atoms with Gasteiger partial charge >= 0.3 is 8.80 Å². The summed E-state index contributed by atoms with van der Waals surface area (Å²) >= 11 is 0. The van der Waals surface area contributed by atoms with Gasteiger partial charge in [0.15, 0.2) is 5.67 Å². The first-order chi connectivity index (χ1) is 11.9. The van der Waals surface area contributed by atoms with Crippen LogP contribution in [-0.2, 0) is 13.3 Å². The summed E-state index contributed by atoms with van der Waals surface area (Å²) in [4.78, 5) is 0. The molecule has 160 valence electrons. The van der Waals surface area contributed by atoms with Crippen LogP contribution in [0.3, 0.4) is 0 Å². The number of hydrogen-bond acceptors (Lipinski definition) is 3. The highest BCUT2D eigenvalue weighted by atomic mass is 79.9. The fraction of sp³-hybridized carbons (Fsp3) is 1.00. The average molecular weight is 457 g/mol. The van der Waals surface area contributed by atoms with Gasteiger partial charge in [-0.1, -0.05) is 65.2 Å². The Labute approximate surface area is 175 Å². The Kier molecular flexibility index (Phi) is 18.2. The highest BCUT2D eigenvalue weighted by molar-refractivity contribution is 6.62. The highest BCUT2D eigenvalue weighted by Gasteiger charge is 2.55. The molecule has 0 saturated heterocycles. The number of quaternary nitrogens is 1. The minimum Gasteiger partial charge on any atom is -1.00 e. The molecule has 0 heterocycles. The highest BCUT2D eigenvalue weighted by Crippen LogP contribution is 2.25. The zero-order valence-corrected chi connectivity index (χ0v) is 21.2. The van der Waals surface area contributed by atoms with Crippen LogP contribution in [-0.4, -0.2) is 60.9 Å². The van der Waals surface area contributed by atoms with Crippen LogP contribution in [0.15, 0.2) is 0 Å². The number of rotatable bonds is 17. The van der Waals surface area contributed by atoms with Crippen molar-refractivity contribution in [3.63, 3.8) is 0 Å². The molecular formula is C20H46BrNO3Si. The summed E-state index contributed by atoms with van der Waals surface area (Å²) in [6, 6.07) is 0. The summed E-state index contributed by atoms with van der Waals surface area (Å²) in [5.41, 5.74) is 0.283. The van der Waals surface area contributed by atoms with E-state index >= 15 is 0 Å². The van der Waals surface area contributed by atoms with Crippen molar-refractivity contribution in [3.8, 4) is 0 Å². The molecule has 0 aromatic rings. The van der Waals surface area contributed by atoms with Crippen LogP contribution in [0, 0.1) is 0 Å². The van der Waals surface area contributed by atoms with Crippen molar-refractivity contribution >= 4 is 8.80 Å². The van der Waals surface area contributed by atoms with E-state index in [0.29, 0.717) is 0 Å². The van der Waals surface area contributed by atoms with Gasteiger partial charge in [0.1, 0.15) is 0 Å². The van der Waals surface area contributed by atoms with Crippen molar-refractivity contribution in [2.45, 2.75) is 90.1 Å². The van der Waals surface area contributed by atoms with Gasteiger partial charge in [-0.15, -0.1) is 0 Å². The molecule has 0 bridgehead atoms. The summed E-state index contributed by atoms with van der Waals surface area (Å²) in [5, 5.41) is 0. The first-order valence-corrected chi connectivity index (χ1v) is 12.2. The van der Waals surface area contributed by atoms with Crippen molar-refractivity contribution in [2.24, 2.45) is 0 Å². The molecule has 6 heteroatoms. The van der Waals surface area contributed by atoms with Crippen molar-refractivity contribution in [2.75, 3.05) is 42.0 Å². The maximum atomic E-state index is 5.75. The van der Waals surface area contributed by atoms with Crippen LogP contribution in [0.1, 0.15) is 84.5 Å². The molecule has 0 aliphatic heterocycles. The molecule has 0 aliphatic carbocycles. The second-order valence-corrected chi connectivity index (χ2v) is 10.9. The van der Waals surface area contributed by atoms with Gasteiger partial charge in [0, 0.05) is 27.8 Å². The Morgan fingerprint density at radius 3 is 1.42 bits per heavy atom. The predicted octanol–water partition coefficient (Wildman–Crippen LogP) is 2.18. The lowest BCUT2D eigenvalue weighted by molar-refractivity contribution is -0.906. The molecule has 0 aliphatic rings. The first kappa shape index (κ1) is 28.7. The van der Waals surface area contributed by atoms with Crippen LogP contribution in [0.5, 0.6) is 0 Å². The molecular weight excluding hydrogens is 410 g/mol.